The Balaban J connectivity index is 1.06. The lowest BCUT2D eigenvalue weighted by Gasteiger charge is -2.35. The lowest BCUT2D eigenvalue weighted by molar-refractivity contribution is 0.0741. The Labute approximate surface area is 228 Å². The maximum absolute atomic E-state index is 13.1. The van der Waals surface area contributed by atoms with E-state index in [1.54, 1.807) is 11.3 Å². The first-order valence-corrected chi connectivity index (χ1v) is 14.7. The number of piperazine rings is 1. The van der Waals surface area contributed by atoms with Gasteiger partial charge in [-0.15, -0.1) is 11.3 Å². The number of amides is 3. The van der Waals surface area contributed by atoms with Gasteiger partial charge in [0.2, 0.25) is 0 Å². The minimum Gasteiger partial charge on any atom is -0.368 e. The number of nitriles is 1. The van der Waals surface area contributed by atoms with E-state index >= 15 is 0 Å². The van der Waals surface area contributed by atoms with E-state index in [0.29, 0.717) is 36.8 Å². The highest BCUT2D eigenvalue weighted by molar-refractivity contribution is 7.09. The molecule has 3 heterocycles. The van der Waals surface area contributed by atoms with Crippen molar-refractivity contribution < 1.29 is 9.59 Å². The summed E-state index contributed by atoms with van der Waals surface area (Å²) in [4.78, 5) is 36.5. The summed E-state index contributed by atoms with van der Waals surface area (Å²) in [6.07, 6.45) is 9.97. The quantitative estimate of drug-likeness (QED) is 0.542. The zero-order valence-electron chi connectivity index (χ0n) is 21.9. The number of likely N-dealkylation sites (tertiary alicyclic amines) is 1. The first-order valence-electron chi connectivity index (χ1n) is 13.8. The Hall–Kier alpha value is -3.38. The molecule has 200 valence electrons. The number of carbonyl (C=O) groups is 2. The van der Waals surface area contributed by atoms with Crippen LogP contribution in [0.5, 0.6) is 0 Å². The molecular weight excluding hydrogens is 496 g/mol. The predicted octanol–water partition coefficient (Wildman–Crippen LogP) is 4.76. The minimum absolute atomic E-state index is 0.00290. The van der Waals surface area contributed by atoms with Gasteiger partial charge in [0.1, 0.15) is 5.69 Å². The number of carbonyl (C=O) groups excluding carboxylic acids is 2. The van der Waals surface area contributed by atoms with Crippen LogP contribution in [0.3, 0.4) is 0 Å². The Bertz CT molecular complexity index is 1180. The molecule has 1 aliphatic carbocycles. The zero-order valence-corrected chi connectivity index (χ0v) is 22.7. The van der Waals surface area contributed by atoms with Gasteiger partial charge in [-0.2, -0.15) is 5.26 Å². The normalized spacial score (nSPS) is 18.6. The molecule has 3 aliphatic rings. The summed E-state index contributed by atoms with van der Waals surface area (Å²) in [5, 5.41) is 15.0. The van der Waals surface area contributed by atoms with Gasteiger partial charge >= 0.3 is 6.03 Å². The van der Waals surface area contributed by atoms with Crippen LogP contribution in [-0.2, 0) is 0 Å². The van der Waals surface area contributed by atoms with Gasteiger partial charge in [0.05, 0.1) is 16.6 Å². The van der Waals surface area contributed by atoms with E-state index in [0.717, 1.165) is 56.1 Å². The first kappa shape index (κ1) is 26.2. The molecule has 0 atom stereocenters. The van der Waals surface area contributed by atoms with Gasteiger partial charge < -0.3 is 20.0 Å². The van der Waals surface area contributed by atoms with Crippen molar-refractivity contribution in [3.8, 4) is 6.07 Å². The Morgan fingerprint density at radius 1 is 1.03 bits per heavy atom. The van der Waals surface area contributed by atoms with Crippen LogP contribution in [0.1, 0.15) is 71.9 Å². The van der Waals surface area contributed by atoms with Crippen molar-refractivity contribution in [3.05, 3.63) is 57.6 Å². The van der Waals surface area contributed by atoms with Crippen molar-refractivity contribution in [3.63, 3.8) is 0 Å². The van der Waals surface area contributed by atoms with Gasteiger partial charge in [0.25, 0.3) is 5.91 Å². The highest BCUT2D eigenvalue weighted by Crippen LogP contribution is 2.31. The second-order valence-corrected chi connectivity index (χ2v) is 11.2. The summed E-state index contributed by atoms with van der Waals surface area (Å²) in [5.41, 5.74) is 3.75. The smallest absolute Gasteiger partial charge is 0.317 e. The lowest BCUT2D eigenvalue weighted by Crippen LogP contribution is -2.48. The van der Waals surface area contributed by atoms with Crippen LogP contribution < -0.4 is 10.2 Å². The van der Waals surface area contributed by atoms with Gasteiger partial charge in [-0.1, -0.05) is 11.6 Å². The summed E-state index contributed by atoms with van der Waals surface area (Å²) in [6.45, 7) is 4.97. The maximum Gasteiger partial charge on any atom is 0.317 e. The molecule has 2 aromatic rings. The number of thiazole rings is 1. The van der Waals surface area contributed by atoms with Crippen LogP contribution in [0, 0.1) is 11.3 Å². The summed E-state index contributed by atoms with van der Waals surface area (Å²) in [5.74, 6) is 0.295. The van der Waals surface area contributed by atoms with E-state index in [-0.39, 0.29) is 11.9 Å². The third-order valence-electron chi connectivity index (χ3n) is 7.91. The number of hydrogen-bond donors (Lipinski definition) is 1. The molecule has 1 aromatic carbocycles. The number of nitrogens with one attached hydrogen (secondary N) is 1. The van der Waals surface area contributed by atoms with Crippen molar-refractivity contribution in [2.45, 2.75) is 50.9 Å². The van der Waals surface area contributed by atoms with Crippen molar-refractivity contribution >= 4 is 29.0 Å². The number of hydrogen-bond acceptors (Lipinski definition) is 6. The topological polar surface area (TPSA) is 92.6 Å². The number of urea groups is 1. The number of nitrogens with zero attached hydrogens (tertiary/aromatic N) is 5. The van der Waals surface area contributed by atoms with Crippen molar-refractivity contribution in [1.82, 2.24) is 20.1 Å². The van der Waals surface area contributed by atoms with Crippen LogP contribution in [0.2, 0.25) is 0 Å². The SMILES string of the molecule is N#Cc1ccc(N2CCN(C(=O)c3csc(C4CCN(C(=O)NCCC5=CCCCC5)CC4)n3)CC2)cc1. The molecule has 5 rings (SSSR count). The monoisotopic (exact) mass is 532 g/mol. The molecule has 3 amide bonds. The molecule has 0 radical (unpaired) electrons. The number of benzene rings is 1. The van der Waals surface area contributed by atoms with Gasteiger partial charge in [-0.3, -0.25) is 4.79 Å². The van der Waals surface area contributed by atoms with Gasteiger partial charge in [-0.25, -0.2) is 9.78 Å². The molecule has 8 nitrogen and oxygen atoms in total. The fourth-order valence-corrected chi connectivity index (χ4v) is 6.52. The molecule has 1 aromatic heterocycles. The summed E-state index contributed by atoms with van der Waals surface area (Å²) in [7, 11) is 0. The van der Waals surface area contributed by atoms with E-state index in [1.807, 2.05) is 39.4 Å². The number of allylic oxidation sites excluding steroid dienone is 1. The molecular formula is C29H36N6O2S. The fourth-order valence-electron chi connectivity index (χ4n) is 5.55. The second-order valence-electron chi connectivity index (χ2n) is 10.4. The average Bonchev–Trinajstić information content (AvgIpc) is 3.48. The van der Waals surface area contributed by atoms with Gasteiger partial charge in [-0.05, 0) is 69.2 Å². The first-order chi connectivity index (χ1) is 18.6. The molecule has 0 bridgehead atoms. The lowest BCUT2D eigenvalue weighted by atomic mass is 9.97. The largest absolute Gasteiger partial charge is 0.368 e. The van der Waals surface area contributed by atoms with Crippen LogP contribution >= 0.6 is 11.3 Å². The molecule has 0 unspecified atom stereocenters. The number of rotatable bonds is 6. The third-order valence-corrected chi connectivity index (χ3v) is 8.92. The van der Waals surface area contributed by atoms with E-state index in [4.69, 9.17) is 10.2 Å². The maximum atomic E-state index is 13.1. The molecule has 2 fully saturated rings. The average molecular weight is 533 g/mol. The zero-order chi connectivity index (χ0) is 26.3. The molecule has 9 heteroatoms. The summed E-state index contributed by atoms with van der Waals surface area (Å²) < 4.78 is 0. The number of anilines is 1. The summed E-state index contributed by atoms with van der Waals surface area (Å²) in [6, 6.07) is 9.78. The summed E-state index contributed by atoms with van der Waals surface area (Å²) >= 11 is 1.57. The van der Waals surface area contributed by atoms with E-state index in [1.165, 1.54) is 31.3 Å². The molecule has 0 saturated carbocycles. The highest BCUT2D eigenvalue weighted by Gasteiger charge is 2.28. The van der Waals surface area contributed by atoms with Crippen molar-refractivity contribution in [2.24, 2.45) is 0 Å². The standard InChI is InChI=1S/C29H36N6O2S/c30-20-23-6-8-25(9-7-23)33-16-18-34(19-17-33)28(36)26-21-38-27(32-26)24-11-14-35(15-12-24)29(37)31-13-10-22-4-2-1-3-5-22/h4,6-9,21,24H,1-3,5,10-19H2,(H,31,37). The van der Waals surface area contributed by atoms with Gasteiger partial charge in [0.15, 0.2) is 0 Å². The Kier molecular flexibility index (Phi) is 8.59. The fraction of sp³-hybridized carbons (Fsp3) is 0.517. The third kappa shape index (κ3) is 6.36. The van der Waals surface area contributed by atoms with Crippen LogP contribution in [0.25, 0.3) is 0 Å². The van der Waals surface area contributed by atoms with Gasteiger partial charge in [0, 0.05) is 62.8 Å². The highest BCUT2D eigenvalue weighted by atomic mass is 32.1. The molecule has 38 heavy (non-hydrogen) atoms. The van der Waals surface area contributed by atoms with E-state index < -0.39 is 0 Å². The van der Waals surface area contributed by atoms with Crippen LogP contribution in [0.4, 0.5) is 10.5 Å². The van der Waals surface area contributed by atoms with Crippen molar-refractivity contribution in [1.29, 1.82) is 5.26 Å². The Morgan fingerprint density at radius 2 is 1.79 bits per heavy atom. The van der Waals surface area contributed by atoms with E-state index in [9.17, 15) is 9.59 Å². The van der Waals surface area contributed by atoms with Crippen molar-refractivity contribution in [2.75, 3.05) is 50.7 Å². The number of aromatic nitrogens is 1. The Morgan fingerprint density at radius 3 is 2.47 bits per heavy atom. The second kappa shape index (κ2) is 12.4. The van der Waals surface area contributed by atoms with Crippen LogP contribution in [0.15, 0.2) is 41.3 Å². The predicted molar refractivity (Wildman–Crippen MR) is 150 cm³/mol. The molecule has 2 aliphatic heterocycles. The number of piperidine rings is 1. The minimum atomic E-state index is -0.00290. The van der Waals surface area contributed by atoms with E-state index in [2.05, 4.69) is 22.4 Å². The van der Waals surface area contributed by atoms with Crippen LogP contribution in [-0.4, -0.2) is 72.5 Å². The molecule has 0 spiro atoms. The molecule has 1 N–H and O–H groups in total. The molecule has 2 saturated heterocycles.